The molecule has 0 aliphatic heterocycles. The number of rotatable bonds is 5. The number of hydrogen-bond acceptors (Lipinski definition) is 3. The minimum Gasteiger partial charge on any atom is -0.326 e. The van der Waals surface area contributed by atoms with E-state index in [0.29, 0.717) is 11.3 Å². The van der Waals surface area contributed by atoms with Crippen LogP contribution in [0.5, 0.6) is 0 Å². The van der Waals surface area contributed by atoms with Crippen molar-refractivity contribution < 1.29 is 26.4 Å². The number of amides is 1. The van der Waals surface area contributed by atoms with Crippen LogP contribution in [0, 0.1) is 0 Å². The molecular formula is C17H17F3N2O3S. The first kappa shape index (κ1) is 19.8. The van der Waals surface area contributed by atoms with E-state index in [4.69, 9.17) is 0 Å². The van der Waals surface area contributed by atoms with Gasteiger partial charge in [0.15, 0.2) is 0 Å². The van der Waals surface area contributed by atoms with Crippen molar-refractivity contribution in [2.45, 2.75) is 12.6 Å². The van der Waals surface area contributed by atoms with Crippen LogP contribution in [0.2, 0.25) is 0 Å². The Kier molecular flexibility index (Phi) is 5.60. The highest BCUT2D eigenvalue weighted by molar-refractivity contribution is 7.92. The molecule has 2 rings (SSSR count). The summed E-state index contributed by atoms with van der Waals surface area (Å²) in [6.45, 7) is 0. The minimum absolute atomic E-state index is 0.0539. The Morgan fingerprint density at radius 3 is 2.27 bits per heavy atom. The van der Waals surface area contributed by atoms with Gasteiger partial charge in [0.1, 0.15) is 0 Å². The maximum absolute atomic E-state index is 12.7. The van der Waals surface area contributed by atoms with E-state index >= 15 is 0 Å². The van der Waals surface area contributed by atoms with E-state index in [1.54, 1.807) is 24.3 Å². The first-order valence-corrected chi connectivity index (χ1v) is 9.31. The Bertz CT molecular complexity index is 894. The Labute approximate surface area is 149 Å². The van der Waals surface area contributed by atoms with Crippen molar-refractivity contribution >= 4 is 27.3 Å². The molecule has 1 N–H and O–H groups in total. The van der Waals surface area contributed by atoms with Crippen LogP contribution in [0.1, 0.15) is 11.1 Å². The van der Waals surface area contributed by atoms with E-state index < -0.39 is 27.7 Å². The van der Waals surface area contributed by atoms with Crippen LogP contribution < -0.4 is 9.62 Å². The lowest BCUT2D eigenvalue weighted by Crippen LogP contribution is -2.24. The molecule has 0 atom stereocenters. The van der Waals surface area contributed by atoms with E-state index in [0.717, 1.165) is 22.7 Å². The van der Waals surface area contributed by atoms with Gasteiger partial charge >= 0.3 is 6.18 Å². The van der Waals surface area contributed by atoms with Gasteiger partial charge in [-0.05, 0) is 35.9 Å². The average Bonchev–Trinajstić information content (AvgIpc) is 2.53. The van der Waals surface area contributed by atoms with Gasteiger partial charge in [0.25, 0.3) is 0 Å². The molecule has 26 heavy (non-hydrogen) atoms. The predicted octanol–water partition coefficient (Wildman–Crippen LogP) is 3.28. The number of benzene rings is 2. The van der Waals surface area contributed by atoms with E-state index in [-0.39, 0.29) is 12.1 Å². The van der Waals surface area contributed by atoms with Crippen molar-refractivity contribution in [3.05, 3.63) is 59.7 Å². The molecule has 0 fully saturated rings. The molecule has 9 heteroatoms. The first-order valence-electron chi connectivity index (χ1n) is 7.47. The summed E-state index contributed by atoms with van der Waals surface area (Å²) < 4.78 is 62.1. The SMILES string of the molecule is CN(c1ccc(CC(=O)Nc2cccc(C(F)(F)F)c2)cc1)S(C)(=O)=O. The molecule has 0 radical (unpaired) electrons. The average molecular weight is 386 g/mol. The molecule has 0 bridgehead atoms. The highest BCUT2D eigenvalue weighted by Gasteiger charge is 2.30. The largest absolute Gasteiger partial charge is 0.416 e. The number of hydrogen-bond donors (Lipinski definition) is 1. The monoisotopic (exact) mass is 386 g/mol. The van der Waals surface area contributed by atoms with Gasteiger partial charge in [0, 0.05) is 12.7 Å². The Morgan fingerprint density at radius 2 is 1.73 bits per heavy atom. The third-order valence-corrected chi connectivity index (χ3v) is 4.84. The Balaban J connectivity index is 2.04. The van der Waals surface area contributed by atoms with Crippen molar-refractivity contribution in [3.8, 4) is 0 Å². The lowest BCUT2D eigenvalue weighted by molar-refractivity contribution is -0.137. The molecule has 0 aliphatic rings. The fourth-order valence-corrected chi connectivity index (χ4v) is 2.68. The second kappa shape index (κ2) is 7.36. The fraction of sp³-hybridized carbons (Fsp3) is 0.235. The summed E-state index contributed by atoms with van der Waals surface area (Å²) in [5.41, 5.74) is 0.247. The van der Waals surface area contributed by atoms with Gasteiger partial charge in [0.05, 0.1) is 23.9 Å². The van der Waals surface area contributed by atoms with Crippen molar-refractivity contribution in [1.82, 2.24) is 0 Å². The maximum Gasteiger partial charge on any atom is 0.416 e. The van der Waals surface area contributed by atoms with Crippen LogP contribution in [-0.4, -0.2) is 27.6 Å². The minimum atomic E-state index is -4.48. The van der Waals surface area contributed by atoms with Gasteiger partial charge < -0.3 is 5.32 Å². The molecule has 2 aromatic carbocycles. The van der Waals surface area contributed by atoms with E-state index in [2.05, 4.69) is 5.32 Å². The predicted molar refractivity (Wildman–Crippen MR) is 93.5 cm³/mol. The number of halogens is 3. The summed E-state index contributed by atoms with van der Waals surface area (Å²) in [4.78, 5) is 12.0. The summed E-state index contributed by atoms with van der Waals surface area (Å²) in [7, 11) is -1.98. The Morgan fingerprint density at radius 1 is 1.12 bits per heavy atom. The lowest BCUT2D eigenvalue weighted by atomic mass is 10.1. The van der Waals surface area contributed by atoms with Crippen LogP contribution in [0.15, 0.2) is 48.5 Å². The molecule has 0 saturated carbocycles. The van der Waals surface area contributed by atoms with Gasteiger partial charge in [-0.25, -0.2) is 8.42 Å². The number of carbonyl (C=O) groups is 1. The number of anilines is 2. The smallest absolute Gasteiger partial charge is 0.326 e. The van der Waals surface area contributed by atoms with Crippen LogP contribution in [0.3, 0.4) is 0 Å². The third kappa shape index (κ3) is 5.22. The van der Waals surface area contributed by atoms with Crippen LogP contribution >= 0.6 is 0 Å². The summed E-state index contributed by atoms with van der Waals surface area (Å²) in [6, 6.07) is 10.6. The maximum atomic E-state index is 12.7. The molecule has 0 heterocycles. The molecule has 140 valence electrons. The zero-order valence-electron chi connectivity index (χ0n) is 14.0. The van der Waals surface area contributed by atoms with Gasteiger partial charge in [-0.15, -0.1) is 0 Å². The summed E-state index contributed by atoms with van der Waals surface area (Å²) >= 11 is 0. The first-order chi connectivity index (χ1) is 12.0. The van der Waals surface area contributed by atoms with Crippen LogP contribution in [-0.2, 0) is 27.4 Å². The molecule has 0 aromatic heterocycles. The number of sulfonamides is 1. The zero-order valence-corrected chi connectivity index (χ0v) is 14.9. The second-order valence-electron chi connectivity index (χ2n) is 5.70. The number of nitrogens with zero attached hydrogens (tertiary/aromatic N) is 1. The fourth-order valence-electron chi connectivity index (χ4n) is 2.18. The summed E-state index contributed by atoms with van der Waals surface area (Å²) in [5, 5.41) is 2.42. The van der Waals surface area contributed by atoms with E-state index in [1.807, 2.05) is 0 Å². The number of carbonyl (C=O) groups excluding carboxylic acids is 1. The molecule has 2 aromatic rings. The molecule has 5 nitrogen and oxygen atoms in total. The van der Waals surface area contributed by atoms with E-state index in [1.165, 1.54) is 19.2 Å². The molecule has 0 unspecified atom stereocenters. The quantitative estimate of drug-likeness (QED) is 0.858. The number of nitrogens with one attached hydrogen (secondary N) is 1. The lowest BCUT2D eigenvalue weighted by Gasteiger charge is -2.16. The van der Waals surface area contributed by atoms with Gasteiger partial charge in [0.2, 0.25) is 15.9 Å². The third-order valence-electron chi connectivity index (χ3n) is 3.64. The highest BCUT2D eigenvalue weighted by Crippen LogP contribution is 2.30. The van der Waals surface area contributed by atoms with Gasteiger partial charge in [-0.2, -0.15) is 13.2 Å². The molecule has 1 amide bonds. The van der Waals surface area contributed by atoms with Crippen molar-refractivity contribution in [2.75, 3.05) is 22.9 Å². The number of alkyl halides is 3. The zero-order chi connectivity index (χ0) is 19.5. The molecule has 0 saturated heterocycles. The summed E-state index contributed by atoms with van der Waals surface area (Å²) in [5.74, 6) is -0.478. The van der Waals surface area contributed by atoms with Crippen molar-refractivity contribution in [2.24, 2.45) is 0 Å². The Hall–Kier alpha value is -2.55. The van der Waals surface area contributed by atoms with E-state index in [9.17, 15) is 26.4 Å². The topological polar surface area (TPSA) is 66.5 Å². The van der Waals surface area contributed by atoms with Crippen LogP contribution in [0.4, 0.5) is 24.5 Å². The van der Waals surface area contributed by atoms with Gasteiger partial charge in [-0.3, -0.25) is 9.10 Å². The standard InChI is InChI=1S/C17H17F3N2O3S/c1-22(26(2,24)25)15-8-6-12(7-9-15)10-16(23)21-14-5-3-4-13(11-14)17(18,19)20/h3-9,11H,10H2,1-2H3,(H,21,23). The van der Waals surface area contributed by atoms with Crippen molar-refractivity contribution in [1.29, 1.82) is 0 Å². The second-order valence-corrected chi connectivity index (χ2v) is 7.71. The van der Waals surface area contributed by atoms with Crippen LogP contribution in [0.25, 0.3) is 0 Å². The molecule has 0 spiro atoms. The van der Waals surface area contributed by atoms with Crippen molar-refractivity contribution in [3.63, 3.8) is 0 Å². The highest BCUT2D eigenvalue weighted by atomic mass is 32.2. The molecular weight excluding hydrogens is 369 g/mol. The molecule has 0 aliphatic carbocycles. The summed E-state index contributed by atoms with van der Waals surface area (Å²) in [6.07, 6.45) is -3.47. The normalized spacial score (nSPS) is 11.9. The van der Waals surface area contributed by atoms with Gasteiger partial charge in [-0.1, -0.05) is 18.2 Å².